The molecule has 2 heterocycles. The average Bonchev–Trinajstić information content (AvgIpc) is 2.85. The third-order valence-corrected chi connectivity index (χ3v) is 3.38. The minimum atomic E-state index is -0.947. The predicted molar refractivity (Wildman–Crippen MR) is 80.6 cm³/mol. The van der Waals surface area contributed by atoms with Crippen LogP contribution in [-0.4, -0.2) is 52.5 Å². The average molecular weight is 311 g/mol. The van der Waals surface area contributed by atoms with Gasteiger partial charge in [-0.3, -0.25) is 4.68 Å². The molecule has 1 unspecified atom stereocenters. The summed E-state index contributed by atoms with van der Waals surface area (Å²) in [5.41, 5.74) is 1.02. The first-order valence-electron chi connectivity index (χ1n) is 6.58. The molecule has 21 heavy (non-hydrogen) atoms. The summed E-state index contributed by atoms with van der Waals surface area (Å²) >= 11 is 6.16. The lowest BCUT2D eigenvalue weighted by molar-refractivity contribution is 0.199. The smallest absolute Gasteiger partial charge is 0.213 e. The van der Waals surface area contributed by atoms with Crippen LogP contribution < -0.4 is 4.74 Å². The van der Waals surface area contributed by atoms with Crippen LogP contribution in [0.5, 0.6) is 5.88 Å². The van der Waals surface area contributed by atoms with E-state index in [1.165, 1.54) is 13.3 Å². The van der Waals surface area contributed by atoms with Crippen molar-refractivity contribution < 1.29 is 9.84 Å². The van der Waals surface area contributed by atoms with E-state index >= 15 is 0 Å². The van der Waals surface area contributed by atoms with Gasteiger partial charge in [0.25, 0.3) is 0 Å². The molecule has 0 aliphatic rings. The Kier molecular flexibility index (Phi) is 5.17. The van der Waals surface area contributed by atoms with Crippen LogP contribution in [0.15, 0.2) is 24.4 Å². The molecule has 0 bridgehead atoms. The standard InChI is InChI=1S/C14H19ClN4O2/c1-18(2)7-8-19-13(10(15)9-16-19)14(20)11-5-4-6-12(17-11)21-3/h4-6,9,14,20H,7-8H2,1-3H3. The molecule has 0 aliphatic carbocycles. The molecule has 0 amide bonds. The summed E-state index contributed by atoms with van der Waals surface area (Å²) in [4.78, 5) is 6.28. The van der Waals surface area contributed by atoms with Gasteiger partial charge in [0.15, 0.2) is 0 Å². The van der Waals surface area contributed by atoms with E-state index in [2.05, 4.69) is 10.1 Å². The third-order valence-electron chi connectivity index (χ3n) is 3.09. The van der Waals surface area contributed by atoms with Crippen LogP contribution in [0.25, 0.3) is 0 Å². The van der Waals surface area contributed by atoms with Crippen molar-refractivity contribution in [3.8, 4) is 5.88 Å². The first-order valence-corrected chi connectivity index (χ1v) is 6.95. The molecular weight excluding hydrogens is 292 g/mol. The Balaban J connectivity index is 2.29. The van der Waals surface area contributed by atoms with Gasteiger partial charge in [-0.1, -0.05) is 17.7 Å². The zero-order valence-corrected chi connectivity index (χ0v) is 13.1. The molecule has 2 rings (SSSR count). The van der Waals surface area contributed by atoms with E-state index in [1.54, 1.807) is 22.9 Å². The van der Waals surface area contributed by atoms with E-state index in [0.717, 1.165) is 6.54 Å². The minimum absolute atomic E-state index is 0.422. The Labute approximate surface area is 128 Å². The zero-order valence-electron chi connectivity index (χ0n) is 12.3. The van der Waals surface area contributed by atoms with Crippen molar-refractivity contribution in [2.24, 2.45) is 0 Å². The molecule has 1 atom stereocenters. The van der Waals surface area contributed by atoms with Gasteiger partial charge < -0.3 is 14.7 Å². The maximum Gasteiger partial charge on any atom is 0.213 e. The van der Waals surface area contributed by atoms with E-state index < -0.39 is 6.10 Å². The van der Waals surface area contributed by atoms with Gasteiger partial charge in [0.2, 0.25) is 5.88 Å². The van der Waals surface area contributed by atoms with Crippen LogP contribution in [0, 0.1) is 0 Å². The van der Waals surface area contributed by atoms with Gasteiger partial charge in [-0.25, -0.2) is 4.98 Å². The van der Waals surface area contributed by atoms with E-state index in [0.29, 0.717) is 28.8 Å². The number of aliphatic hydroxyl groups excluding tert-OH is 1. The van der Waals surface area contributed by atoms with E-state index in [4.69, 9.17) is 16.3 Å². The van der Waals surface area contributed by atoms with Gasteiger partial charge in [-0.2, -0.15) is 5.10 Å². The summed E-state index contributed by atoms with van der Waals surface area (Å²) in [5.74, 6) is 0.446. The highest BCUT2D eigenvalue weighted by molar-refractivity contribution is 6.31. The molecule has 1 N–H and O–H groups in total. The third kappa shape index (κ3) is 3.72. The SMILES string of the molecule is COc1cccc(C(O)c2c(Cl)cnn2CCN(C)C)n1. The lowest BCUT2D eigenvalue weighted by atomic mass is 10.1. The summed E-state index contributed by atoms with van der Waals surface area (Å²) < 4.78 is 6.78. The minimum Gasteiger partial charge on any atom is -0.481 e. The summed E-state index contributed by atoms with van der Waals surface area (Å²) in [5, 5.41) is 15.2. The highest BCUT2D eigenvalue weighted by Gasteiger charge is 2.21. The number of aliphatic hydroxyl groups is 1. The molecule has 7 heteroatoms. The summed E-state index contributed by atoms with van der Waals surface area (Å²) in [6.45, 7) is 1.43. The normalized spacial score (nSPS) is 12.7. The fourth-order valence-corrected chi connectivity index (χ4v) is 2.20. The predicted octanol–water partition coefficient (Wildman–Crippen LogP) is 1.58. The fourth-order valence-electron chi connectivity index (χ4n) is 1.95. The second kappa shape index (κ2) is 6.89. The molecule has 0 aromatic carbocycles. The second-order valence-corrected chi connectivity index (χ2v) is 5.32. The highest BCUT2D eigenvalue weighted by Crippen LogP contribution is 2.28. The number of halogens is 1. The number of aromatic nitrogens is 3. The van der Waals surface area contributed by atoms with Crippen LogP contribution in [0.3, 0.4) is 0 Å². The maximum absolute atomic E-state index is 10.6. The molecule has 0 saturated heterocycles. The zero-order chi connectivity index (χ0) is 15.4. The molecule has 2 aromatic heterocycles. The molecule has 6 nitrogen and oxygen atoms in total. The fraction of sp³-hybridized carbons (Fsp3) is 0.429. The highest BCUT2D eigenvalue weighted by atomic mass is 35.5. The Morgan fingerprint density at radius 2 is 2.19 bits per heavy atom. The number of hydrogen-bond acceptors (Lipinski definition) is 5. The maximum atomic E-state index is 10.6. The van der Waals surface area contributed by atoms with Gasteiger partial charge >= 0.3 is 0 Å². The number of methoxy groups -OCH3 is 1. The monoisotopic (exact) mass is 310 g/mol. The summed E-state index contributed by atoms with van der Waals surface area (Å²) in [6.07, 6.45) is 0.591. The van der Waals surface area contributed by atoms with Crippen LogP contribution in [0.4, 0.5) is 0 Å². The van der Waals surface area contributed by atoms with Crippen molar-refractivity contribution in [1.29, 1.82) is 0 Å². The van der Waals surface area contributed by atoms with Crippen molar-refractivity contribution in [1.82, 2.24) is 19.7 Å². The summed E-state index contributed by atoms with van der Waals surface area (Å²) in [7, 11) is 5.49. The van der Waals surface area contributed by atoms with Crippen molar-refractivity contribution in [3.05, 3.63) is 40.8 Å². The molecule has 0 saturated carbocycles. The van der Waals surface area contributed by atoms with Crippen molar-refractivity contribution in [2.45, 2.75) is 12.6 Å². The van der Waals surface area contributed by atoms with Crippen LogP contribution in [-0.2, 0) is 6.54 Å². The largest absolute Gasteiger partial charge is 0.481 e. The van der Waals surface area contributed by atoms with Crippen molar-refractivity contribution >= 4 is 11.6 Å². The molecule has 2 aromatic rings. The number of nitrogens with zero attached hydrogens (tertiary/aromatic N) is 4. The Hall–Kier alpha value is -1.63. The van der Waals surface area contributed by atoms with E-state index in [-0.39, 0.29) is 0 Å². The number of ether oxygens (including phenoxy) is 1. The van der Waals surface area contributed by atoms with Crippen LogP contribution >= 0.6 is 11.6 Å². The lowest BCUT2D eigenvalue weighted by Crippen LogP contribution is -2.21. The molecular formula is C14H19ClN4O2. The van der Waals surface area contributed by atoms with Crippen molar-refractivity contribution in [3.63, 3.8) is 0 Å². The topological polar surface area (TPSA) is 63.4 Å². The first kappa shape index (κ1) is 15.8. The summed E-state index contributed by atoms with van der Waals surface area (Å²) in [6, 6.07) is 5.23. The first-order chi connectivity index (χ1) is 10.0. The Bertz CT molecular complexity index is 600. The van der Waals surface area contributed by atoms with Crippen LogP contribution in [0.2, 0.25) is 5.02 Å². The number of pyridine rings is 1. The van der Waals surface area contributed by atoms with Gasteiger partial charge in [0.05, 0.1) is 36.3 Å². The Morgan fingerprint density at radius 3 is 2.86 bits per heavy atom. The van der Waals surface area contributed by atoms with E-state index in [9.17, 15) is 5.11 Å². The molecule has 114 valence electrons. The Morgan fingerprint density at radius 1 is 1.43 bits per heavy atom. The van der Waals surface area contributed by atoms with Gasteiger partial charge in [0, 0.05) is 12.6 Å². The number of likely N-dealkylation sites (N-methyl/N-ethyl adjacent to an activating group) is 1. The quantitative estimate of drug-likeness (QED) is 0.877. The van der Waals surface area contributed by atoms with Crippen molar-refractivity contribution in [2.75, 3.05) is 27.7 Å². The lowest BCUT2D eigenvalue weighted by Gasteiger charge is -2.16. The van der Waals surface area contributed by atoms with Gasteiger partial charge in [0.1, 0.15) is 6.10 Å². The van der Waals surface area contributed by atoms with Gasteiger partial charge in [-0.15, -0.1) is 0 Å². The van der Waals surface area contributed by atoms with Gasteiger partial charge in [-0.05, 0) is 20.2 Å². The second-order valence-electron chi connectivity index (χ2n) is 4.91. The number of rotatable bonds is 6. The number of hydrogen-bond donors (Lipinski definition) is 1. The molecule has 0 spiro atoms. The molecule has 0 fully saturated rings. The molecule has 0 radical (unpaired) electrons. The van der Waals surface area contributed by atoms with Crippen LogP contribution in [0.1, 0.15) is 17.5 Å². The molecule has 0 aliphatic heterocycles. The van der Waals surface area contributed by atoms with E-state index in [1.807, 2.05) is 19.0 Å².